The van der Waals surface area contributed by atoms with Crippen molar-refractivity contribution in [1.82, 2.24) is 0 Å². The number of nitriles is 1. The zero-order chi connectivity index (χ0) is 15.7. The van der Waals surface area contributed by atoms with Crippen LogP contribution in [0.15, 0.2) is 20.7 Å². The Hall–Kier alpha value is -1.77. The van der Waals surface area contributed by atoms with E-state index in [0.29, 0.717) is 16.5 Å². The van der Waals surface area contributed by atoms with Gasteiger partial charge in [0.05, 0.1) is 15.6 Å². The summed E-state index contributed by atoms with van der Waals surface area (Å²) >= 11 is 7.72. The highest BCUT2D eigenvalue weighted by atomic mass is 35.5. The molecule has 0 unspecified atom stereocenters. The van der Waals surface area contributed by atoms with Gasteiger partial charge in [0.1, 0.15) is 6.07 Å². The van der Waals surface area contributed by atoms with E-state index in [-0.39, 0.29) is 5.56 Å². The van der Waals surface area contributed by atoms with E-state index < -0.39 is 5.63 Å². The summed E-state index contributed by atoms with van der Waals surface area (Å²) in [5, 5.41) is 11.8. The average molecular weight is 335 g/mol. The topological polar surface area (TPSA) is 57.2 Å². The van der Waals surface area contributed by atoms with E-state index in [9.17, 15) is 10.1 Å². The molecule has 1 aliphatic heterocycles. The third-order valence-electron chi connectivity index (χ3n) is 3.86. The third kappa shape index (κ3) is 2.65. The van der Waals surface area contributed by atoms with Gasteiger partial charge in [-0.25, -0.2) is 4.79 Å². The zero-order valence-electron chi connectivity index (χ0n) is 12.2. The van der Waals surface area contributed by atoms with Gasteiger partial charge in [0.15, 0.2) is 11.3 Å². The van der Waals surface area contributed by atoms with Gasteiger partial charge < -0.3 is 9.32 Å². The minimum atomic E-state index is -0.595. The fraction of sp³-hybridized carbons (Fsp3) is 0.375. The Balaban J connectivity index is 2.14. The predicted molar refractivity (Wildman–Crippen MR) is 88.8 cm³/mol. The van der Waals surface area contributed by atoms with Crippen molar-refractivity contribution >= 4 is 28.6 Å². The van der Waals surface area contributed by atoms with Crippen LogP contribution >= 0.6 is 22.9 Å². The van der Waals surface area contributed by atoms with E-state index in [1.54, 1.807) is 6.07 Å². The summed E-state index contributed by atoms with van der Waals surface area (Å²) < 4.78 is 5.33. The summed E-state index contributed by atoms with van der Waals surface area (Å²) in [4.78, 5) is 15.0. The summed E-state index contributed by atoms with van der Waals surface area (Å²) in [6.45, 7) is 3.62. The average Bonchev–Trinajstić information content (AvgIpc) is 2.87. The van der Waals surface area contributed by atoms with Gasteiger partial charge in [0.2, 0.25) is 0 Å². The van der Waals surface area contributed by atoms with Crippen LogP contribution in [0.3, 0.4) is 0 Å². The molecule has 114 valence electrons. The number of nitrogens with zero attached hydrogens (tertiary/aromatic N) is 2. The number of thiophene rings is 1. The molecule has 1 saturated heterocycles. The van der Waals surface area contributed by atoms with Crippen LogP contribution in [-0.2, 0) is 0 Å². The minimum absolute atomic E-state index is 0.0788. The first kappa shape index (κ1) is 15.1. The second-order valence-electron chi connectivity index (χ2n) is 5.38. The smallest absolute Gasteiger partial charge is 0.356 e. The number of hydrogen-bond acceptors (Lipinski definition) is 5. The first-order valence-electron chi connectivity index (χ1n) is 7.19. The van der Waals surface area contributed by atoms with Crippen LogP contribution in [0, 0.1) is 18.3 Å². The molecule has 0 aliphatic carbocycles. The molecule has 22 heavy (non-hydrogen) atoms. The molecule has 6 heteroatoms. The maximum Gasteiger partial charge on any atom is 0.356 e. The first-order chi connectivity index (χ1) is 10.6. The number of anilines is 1. The van der Waals surface area contributed by atoms with Crippen molar-refractivity contribution in [3.05, 3.63) is 38.0 Å². The highest BCUT2D eigenvalue weighted by Crippen LogP contribution is 2.37. The summed E-state index contributed by atoms with van der Waals surface area (Å²) in [7, 11) is 0. The molecule has 0 atom stereocenters. The SMILES string of the molecule is Cc1csc(-c2cc(N3CCCCC3)c(C#N)c(=O)o2)c1Cl. The highest BCUT2D eigenvalue weighted by molar-refractivity contribution is 7.14. The normalized spacial score (nSPS) is 14.9. The van der Waals surface area contributed by atoms with Gasteiger partial charge in [-0.05, 0) is 37.1 Å². The minimum Gasteiger partial charge on any atom is -0.421 e. The molecule has 2 aromatic rings. The number of hydrogen-bond donors (Lipinski definition) is 0. The van der Waals surface area contributed by atoms with Crippen molar-refractivity contribution in [1.29, 1.82) is 5.26 Å². The molecule has 3 heterocycles. The van der Waals surface area contributed by atoms with E-state index in [1.807, 2.05) is 18.4 Å². The van der Waals surface area contributed by atoms with E-state index >= 15 is 0 Å². The van der Waals surface area contributed by atoms with E-state index in [0.717, 1.165) is 36.4 Å². The molecule has 0 radical (unpaired) electrons. The first-order valence-corrected chi connectivity index (χ1v) is 8.44. The second-order valence-corrected chi connectivity index (χ2v) is 6.64. The molecule has 0 saturated carbocycles. The van der Waals surface area contributed by atoms with Crippen LogP contribution in [0.5, 0.6) is 0 Å². The molecular formula is C16H15ClN2O2S. The maximum atomic E-state index is 12.2. The lowest BCUT2D eigenvalue weighted by Crippen LogP contribution is -2.31. The van der Waals surface area contributed by atoms with Gasteiger partial charge >= 0.3 is 5.63 Å². The molecule has 0 bridgehead atoms. The molecule has 1 fully saturated rings. The summed E-state index contributed by atoms with van der Waals surface area (Å²) in [6, 6.07) is 3.76. The van der Waals surface area contributed by atoms with Gasteiger partial charge in [-0.3, -0.25) is 0 Å². The standard InChI is InChI=1S/C16H15ClN2O2S/c1-10-9-22-15(14(10)17)13-7-12(11(8-18)16(20)21-13)19-5-3-2-4-6-19/h7,9H,2-6H2,1H3. The van der Waals surface area contributed by atoms with E-state index in [4.69, 9.17) is 16.0 Å². The molecular weight excluding hydrogens is 320 g/mol. The lowest BCUT2D eigenvalue weighted by Gasteiger charge is -2.29. The monoisotopic (exact) mass is 334 g/mol. The van der Waals surface area contributed by atoms with Crippen molar-refractivity contribution < 1.29 is 4.42 Å². The van der Waals surface area contributed by atoms with Gasteiger partial charge in [-0.2, -0.15) is 5.26 Å². The molecule has 3 rings (SSSR count). The summed E-state index contributed by atoms with van der Waals surface area (Å²) in [6.07, 6.45) is 3.32. The van der Waals surface area contributed by atoms with Crippen LogP contribution < -0.4 is 10.5 Å². The zero-order valence-corrected chi connectivity index (χ0v) is 13.8. The van der Waals surface area contributed by atoms with Gasteiger partial charge in [-0.15, -0.1) is 11.3 Å². The molecule has 0 N–H and O–H groups in total. The van der Waals surface area contributed by atoms with Crippen LogP contribution in [0.2, 0.25) is 5.02 Å². The summed E-state index contributed by atoms with van der Waals surface area (Å²) in [5.74, 6) is 0.438. The largest absolute Gasteiger partial charge is 0.421 e. The van der Waals surface area contributed by atoms with Crippen LogP contribution in [0.1, 0.15) is 30.4 Å². The maximum absolute atomic E-state index is 12.2. The van der Waals surface area contributed by atoms with Crippen molar-refractivity contribution in [2.45, 2.75) is 26.2 Å². The van der Waals surface area contributed by atoms with E-state index in [2.05, 4.69) is 4.90 Å². The molecule has 2 aromatic heterocycles. The number of rotatable bonds is 2. The van der Waals surface area contributed by atoms with Crippen molar-refractivity contribution in [2.75, 3.05) is 18.0 Å². The second kappa shape index (κ2) is 6.15. The molecule has 0 aromatic carbocycles. The Kier molecular flexibility index (Phi) is 4.23. The van der Waals surface area contributed by atoms with Crippen LogP contribution in [-0.4, -0.2) is 13.1 Å². The van der Waals surface area contributed by atoms with Gasteiger partial charge in [0.25, 0.3) is 0 Å². The quantitative estimate of drug-likeness (QED) is 0.826. The highest BCUT2D eigenvalue weighted by Gasteiger charge is 2.21. The van der Waals surface area contributed by atoms with Crippen molar-refractivity contribution in [3.8, 4) is 16.7 Å². The lowest BCUT2D eigenvalue weighted by molar-refractivity contribution is 0.520. The summed E-state index contributed by atoms with van der Waals surface area (Å²) in [5.41, 5.74) is 1.10. The lowest BCUT2D eigenvalue weighted by atomic mass is 10.1. The Bertz CT molecular complexity index is 797. The molecule has 0 amide bonds. The Labute approximate surface area is 137 Å². The Morgan fingerprint density at radius 1 is 1.36 bits per heavy atom. The van der Waals surface area contributed by atoms with Gasteiger partial charge in [-0.1, -0.05) is 11.6 Å². The Morgan fingerprint density at radius 2 is 2.09 bits per heavy atom. The number of piperidine rings is 1. The molecule has 4 nitrogen and oxygen atoms in total. The van der Waals surface area contributed by atoms with Crippen LogP contribution in [0.4, 0.5) is 5.69 Å². The molecule has 1 aliphatic rings. The van der Waals surface area contributed by atoms with Crippen molar-refractivity contribution in [2.24, 2.45) is 0 Å². The van der Waals surface area contributed by atoms with Crippen LogP contribution in [0.25, 0.3) is 10.6 Å². The third-order valence-corrected chi connectivity index (χ3v) is 5.57. The number of halogens is 1. The molecule has 0 spiro atoms. The fourth-order valence-electron chi connectivity index (χ4n) is 2.68. The van der Waals surface area contributed by atoms with Gasteiger partial charge in [0, 0.05) is 19.2 Å². The fourth-order valence-corrected chi connectivity index (χ4v) is 3.92. The number of aryl methyl sites for hydroxylation is 1. The Morgan fingerprint density at radius 3 is 2.68 bits per heavy atom. The van der Waals surface area contributed by atoms with E-state index in [1.165, 1.54) is 17.8 Å². The predicted octanol–water partition coefficient (Wildman–Crippen LogP) is 4.19. The van der Waals surface area contributed by atoms with Crippen molar-refractivity contribution in [3.63, 3.8) is 0 Å².